The van der Waals surface area contributed by atoms with Crippen LogP contribution in [0.2, 0.25) is 5.02 Å². The van der Waals surface area contributed by atoms with Crippen molar-refractivity contribution < 1.29 is 14.3 Å². The van der Waals surface area contributed by atoms with Crippen LogP contribution in [0.15, 0.2) is 18.2 Å². The highest BCUT2D eigenvalue weighted by atomic mass is 35.5. The highest BCUT2D eigenvalue weighted by Crippen LogP contribution is 2.34. The lowest BCUT2D eigenvalue weighted by Gasteiger charge is -2.15. The maximum Gasteiger partial charge on any atom is 0.306 e. The van der Waals surface area contributed by atoms with E-state index in [9.17, 15) is 9.18 Å². The fraction of sp³-hybridized carbons (Fsp3) is 0.462. The Morgan fingerprint density at radius 2 is 2.24 bits per heavy atom. The zero-order chi connectivity index (χ0) is 12.4. The van der Waals surface area contributed by atoms with Gasteiger partial charge in [0.25, 0.3) is 0 Å². The van der Waals surface area contributed by atoms with Gasteiger partial charge in [-0.05, 0) is 42.9 Å². The average Bonchev–Trinajstić information content (AvgIpc) is 2.72. The summed E-state index contributed by atoms with van der Waals surface area (Å²) in [5.74, 6) is -1.27. The fourth-order valence-corrected chi connectivity index (χ4v) is 2.78. The summed E-state index contributed by atoms with van der Waals surface area (Å²) < 4.78 is 13.0. The molecule has 1 aromatic carbocycles. The topological polar surface area (TPSA) is 37.3 Å². The molecule has 0 radical (unpaired) electrons. The van der Waals surface area contributed by atoms with Crippen LogP contribution in [-0.4, -0.2) is 11.1 Å². The molecule has 0 bridgehead atoms. The Bertz CT molecular complexity index is 433. The highest BCUT2D eigenvalue weighted by Gasteiger charge is 2.32. The van der Waals surface area contributed by atoms with E-state index in [2.05, 4.69) is 0 Å². The van der Waals surface area contributed by atoms with Crippen LogP contribution in [0.25, 0.3) is 0 Å². The quantitative estimate of drug-likeness (QED) is 0.898. The van der Waals surface area contributed by atoms with Crippen LogP contribution >= 0.6 is 11.6 Å². The average molecular weight is 257 g/mol. The van der Waals surface area contributed by atoms with Gasteiger partial charge < -0.3 is 5.11 Å². The van der Waals surface area contributed by atoms with Gasteiger partial charge >= 0.3 is 5.97 Å². The number of hydrogen-bond acceptors (Lipinski definition) is 1. The third-order valence-corrected chi connectivity index (χ3v) is 3.75. The summed E-state index contributed by atoms with van der Waals surface area (Å²) in [6.45, 7) is 0. The Balaban J connectivity index is 2.09. The molecule has 1 fully saturated rings. The van der Waals surface area contributed by atoms with Gasteiger partial charge in [0.15, 0.2) is 0 Å². The molecule has 1 aliphatic rings. The summed E-state index contributed by atoms with van der Waals surface area (Å²) in [4.78, 5) is 11.0. The van der Waals surface area contributed by atoms with Crippen molar-refractivity contribution in [1.29, 1.82) is 0 Å². The molecule has 2 rings (SSSR count). The van der Waals surface area contributed by atoms with E-state index in [0.29, 0.717) is 6.42 Å². The SMILES string of the molecule is O=C(O)C1CCCC1Cc1ccc(F)c(Cl)c1. The highest BCUT2D eigenvalue weighted by molar-refractivity contribution is 6.30. The third kappa shape index (κ3) is 2.78. The summed E-state index contributed by atoms with van der Waals surface area (Å²) in [6, 6.07) is 4.61. The van der Waals surface area contributed by atoms with Crippen LogP contribution in [-0.2, 0) is 11.2 Å². The number of rotatable bonds is 3. The lowest BCUT2D eigenvalue weighted by molar-refractivity contribution is -0.142. The van der Waals surface area contributed by atoms with Gasteiger partial charge in [0.1, 0.15) is 5.82 Å². The Hall–Kier alpha value is -1.09. The van der Waals surface area contributed by atoms with Crippen LogP contribution < -0.4 is 0 Å². The summed E-state index contributed by atoms with van der Waals surface area (Å²) >= 11 is 5.71. The van der Waals surface area contributed by atoms with Gasteiger partial charge in [-0.1, -0.05) is 24.1 Å². The second-order valence-electron chi connectivity index (χ2n) is 4.59. The molecule has 0 aliphatic heterocycles. The molecule has 0 saturated heterocycles. The molecule has 0 heterocycles. The lowest BCUT2D eigenvalue weighted by Crippen LogP contribution is -2.19. The Kier molecular flexibility index (Phi) is 3.67. The van der Waals surface area contributed by atoms with Gasteiger partial charge in [-0.3, -0.25) is 4.79 Å². The standard InChI is InChI=1S/C13H14ClFO2/c14-11-7-8(4-5-12(11)15)6-9-2-1-3-10(9)13(16)17/h4-5,7,9-10H,1-3,6H2,(H,16,17). The van der Waals surface area contributed by atoms with E-state index in [4.69, 9.17) is 16.7 Å². The minimum Gasteiger partial charge on any atom is -0.481 e. The minimum atomic E-state index is -0.722. The third-order valence-electron chi connectivity index (χ3n) is 3.46. The maximum absolute atomic E-state index is 13.0. The normalized spacial score (nSPS) is 23.9. The monoisotopic (exact) mass is 256 g/mol. The van der Waals surface area contributed by atoms with E-state index in [-0.39, 0.29) is 16.9 Å². The molecule has 0 amide bonds. The van der Waals surface area contributed by atoms with Crippen molar-refractivity contribution in [3.8, 4) is 0 Å². The van der Waals surface area contributed by atoms with E-state index < -0.39 is 11.8 Å². The molecular weight excluding hydrogens is 243 g/mol. The molecule has 17 heavy (non-hydrogen) atoms. The zero-order valence-corrected chi connectivity index (χ0v) is 10.1. The van der Waals surface area contributed by atoms with Crippen molar-refractivity contribution >= 4 is 17.6 Å². The maximum atomic E-state index is 13.0. The van der Waals surface area contributed by atoms with Gasteiger partial charge in [-0.15, -0.1) is 0 Å². The molecule has 4 heteroatoms. The minimum absolute atomic E-state index is 0.104. The molecule has 92 valence electrons. The van der Waals surface area contributed by atoms with Crippen molar-refractivity contribution in [2.75, 3.05) is 0 Å². The molecule has 1 saturated carbocycles. The Morgan fingerprint density at radius 1 is 1.47 bits per heavy atom. The Morgan fingerprint density at radius 3 is 2.88 bits per heavy atom. The first-order valence-electron chi connectivity index (χ1n) is 5.74. The predicted molar refractivity (Wildman–Crippen MR) is 63.6 cm³/mol. The first-order chi connectivity index (χ1) is 8.08. The van der Waals surface area contributed by atoms with Crippen LogP contribution in [0.3, 0.4) is 0 Å². The second-order valence-corrected chi connectivity index (χ2v) is 5.00. The van der Waals surface area contributed by atoms with E-state index in [0.717, 1.165) is 24.8 Å². The summed E-state index contributed by atoms with van der Waals surface area (Å²) in [5, 5.41) is 9.18. The van der Waals surface area contributed by atoms with Crippen LogP contribution in [0.4, 0.5) is 4.39 Å². The smallest absolute Gasteiger partial charge is 0.306 e. The van der Waals surface area contributed by atoms with Gasteiger partial charge in [0, 0.05) is 0 Å². The number of carboxylic acids is 1. The number of benzene rings is 1. The van der Waals surface area contributed by atoms with Crippen molar-refractivity contribution in [3.63, 3.8) is 0 Å². The lowest BCUT2D eigenvalue weighted by atomic mass is 9.90. The van der Waals surface area contributed by atoms with Crippen LogP contribution in [0.5, 0.6) is 0 Å². The Labute approximate surface area is 104 Å². The van der Waals surface area contributed by atoms with Crippen molar-refractivity contribution in [3.05, 3.63) is 34.6 Å². The van der Waals surface area contributed by atoms with Crippen molar-refractivity contribution in [2.45, 2.75) is 25.7 Å². The van der Waals surface area contributed by atoms with Gasteiger partial charge in [0.2, 0.25) is 0 Å². The molecule has 1 aromatic rings. The summed E-state index contributed by atoms with van der Waals surface area (Å²) in [5.41, 5.74) is 0.912. The zero-order valence-electron chi connectivity index (χ0n) is 9.33. The van der Waals surface area contributed by atoms with E-state index in [1.165, 1.54) is 6.07 Å². The fourth-order valence-electron chi connectivity index (χ4n) is 2.58. The van der Waals surface area contributed by atoms with E-state index >= 15 is 0 Å². The largest absolute Gasteiger partial charge is 0.481 e. The van der Waals surface area contributed by atoms with E-state index in [1.807, 2.05) is 0 Å². The first-order valence-corrected chi connectivity index (χ1v) is 6.12. The van der Waals surface area contributed by atoms with Crippen LogP contribution in [0.1, 0.15) is 24.8 Å². The number of carboxylic acid groups (broad SMARTS) is 1. The number of aliphatic carboxylic acids is 1. The molecule has 2 atom stereocenters. The molecule has 1 N–H and O–H groups in total. The molecule has 2 unspecified atom stereocenters. The van der Waals surface area contributed by atoms with Crippen LogP contribution in [0, 0.1) is 17.7 Å². The van der Waals surface area contributed by atoms with Gasteiger partial charge in [-0.2, -0.15) is 0 Å². The van der Waals surface area contributed by atoms with Crippen molar-refractivity contribution in [1.82, 2.24) is 0 Å². The molecule has 2 nitrogen and oxygen atoms in total. The molecule has 1 aliphatic carbocycles. The molecular formula is C13H14ClFO2. The van der Waals surface area contributed by atoms with E-state index in [1.54, 1.807) is 12.1 Å². The number of carbonyl (C=O) groups is 1. The van der Waals surface area contributed by atoms with Crippen molar-refractivity contribution in [2.24, 2.45) is 11.8 Å². The van der Waals surface area contributed by atoms with Gasteiger partial charge in [-0.25, -0.2) is 4.39 Å². The second kappa shape index (κ2) is 5.05. The molecule has 0 spiro atoms. The predicted octanol–water partition coefficient (Wildman–Crippen LogP) is 3.52. The number of halogens is 2. The van der Waals surface area contributed by atoms with Gasteiger partial charge in [0.05, 0.1) is 10.9 Å². The molecule has 0 aromatic heterocycles. The first kappa shape index (κ1) is 12.4. The number of hydrogen-bond donors (Lipinski definition) is 1. The summed E-state index contributed by atoms with van der Waals surface area (Å²) in [6.07, 6.45) is 3.29. The summed E-state index contributed by atoms with van der Waals surface area (Å²) in [7, 11) is 0.